The average molecular weight is 483 g/mol. The first kappa shape index (κ1) is 23.5. The molecule has 0 aromatic heterocycles. The SMILES string of the molecule is CN(CCc1ccc(C2=NCCN2)cc1)C(=O)CNCS(=O)(=O)c1cccc(Cl)c1Cl. The van der Waals surface area contributed by atoms with Crippen molar-refractivity contribution in [1.29, 1.82) is 0 Å². The standard InChI is InChI=1S/C21H24Cl2N4O3S/c1-27(12-9-15-5-7-16(8-6-15)21-25-10-11-26-21)19(28)13-24-14-31(29,30)18-4-2-3-17(22)20(18)23/h2-8,24H,9-14H2,1H3,(H,25,26). The maximum atomic E-state index is 12.4. The Morgan fingerprint density at radius 1 is 1.19 bits per heavy atom. The smallest absolute Gasteiger partial charge is 0.236 e. The average Bonchev–Trinajstić information content (AvgIpc) is 3.29. The number of nitrogens with zero attached hydrogens (tertiary/aromatic N) is 2. The van der Waals surface area contributed by atoms with Crippen molar-refractivity contribution in [3.05, 3.63) is 63.6 Å². The van der Waals surface area contributed by atoms with Gasteiger partial charge < -0.3 is 10.2 Å². The summed E-state index contributed by atoms with van der Waals surface area (Å²) in [6, 6.07) is 12.5. The van der Waals surface area contributed by atoms with Crippen LogP contribution in [0, 0.1) is 0 Å². The van der Waals surface area contributed by atoms with Gasteiger partial charge in [-0.05, 0) is 24.1 Å². The van der Waals surface area contributed by atoms with E-state index < -0.39 is 15.7 Å². The summed E-state index contributed by atoms with van der Waals surface area (Å²) in [5, 5.41) is 6.07. The number of amides is 1. The first-order chi connectivity index (χ1) is 14.8. The largest absolute Gasteiger partial charge is 0.368 e. The quantitative estimate of drug-likeness (QED) is 0.572. The Morgan fingerprint density at radius 3 is 2.61 bits per heavy atom. The molecule has 166 valence electrons. The molecule has 2 N–H and O–H groups in total. The monoisotopic (exact) mass is 482 g/mol. The predicted molar refractivity (Wildman–Crippen MR) is 124 cm³/mol. The third kappa shape index (κ3) is 6.20. The van der Waals surface area contributed by atoms with E-state index >= 15 is 0 Å². The van der Waals surface area contributed by atoms with Crippen LogP contribution in [0.2, 0.25) is 10.0 Å². The molecular formula is C21H24Cl2N4O3S. The third-order valence-corrected chi connectivity index (χ3v) is 7.41. The molecule has 0 spiro atoms. The van der Waals surface area contributed by atoms with E-state index in [0.717, 1.165) is 30.1 Å². The number of hydrogen-bond acceptors (Lipinski definition) is 6. The number of carbonyl (C=O) groups excluding carboxylic acids is 1. The molecule has 0 atom stereocenters. The van der Waals surface area contributed by atoms with E-state index in [0.29, 0.717) is 13.0 Å². The molecular weight excluding hydrogens is 459 g/mol. The van der Waals surface area contributed by atoms with E-state index in [1.807, 2.05) is 24.3 Å². The third-order valence-electron chi connectivity index (χ3n) is 4.88. The van der Waals surface area contributed by atoms with Crippen LogP contribution in [0.5, 0.6) is 0 Å². The number of amidine groups is 1. The van der Waals surface area contributed by atoms with E-state index in [-0.39, 0.29) is 27.4 Å². The van der Waals surface area contributed by atoms with Crippen molar-refractivity contribution in [3.8, 4) is 0 Å². The van der Waals surface area contributed by atoms with Gasteiger partial charge in [0.25, 0.3) is 0 Å². The number of aliphatic imine (C=N–C) groups is 1. The normalized spacial score (nSPS) is 13.6. The Bertz CT molecular complexity index is 1070. The fourth-order valence-electron chi connectivity index (χ4n) is 3.07. The number of hydrogen-bond donors (Lipinski definition) is 2. The van der Waals surface area contributed by atoms with E-state index in [4.69, 9.17) is 23.2 Å². The van der Waals surface area contributed by atoms with Crippen LogP contribution in [-0.4, -0.2) is 64.2 Å². The van der Waals surface area contributed by atoms with Crippen molar-refractivity contribution in [1.82, 2.24) is 15.5 Å². The predicted octanol–water partition coefficient (Wildman–Crippen LogP) is 2.37. The molecule has 0 bridgehead atoms. The Labute approximate surface area is 192 Å². The lowest BCUT2D eigenvalue weighted by atomic mass is 10.1. The summed E-state index contributed by atoms with van der Waals surface area (Å²) in [6.45, 7) is 2.08. The molecule has 3 rings (SSSR count). The minimum Gasteiger partial charge on any atom is -0.368 e. The molecule has 2 aromatic carbocycles. The van der Waals surface area contributed by atoms with Crippen LogP contribution < -0.4 is 10.6 Å². The lowest BCUT2D eigenvalue weighted by Gasteiger charge is -2.18. The Balaban J connectivity index is 1.45. The summed E-state index contributed by atoms with van der Waals surface area (Å²) in [7, 11) is -2.02. The number of benzene rings is 2. The van der Waals surface area contributed by atoms with Crippen molar-refractivity contribution < 1.29 is 13.2 Å². The highest BCUT2D eigenvalue weighted by Crippen LogP contribution is 2.29. The van der Waals surface area contributed by atoms with E-state index in [1.54, 1.807) is 11.9 Å². The second kappa shape index (κ2) is 10.5. The summed E-state index contributed by atoms with van der Waals surface area (Å²) in [5.74, 6) is 0.305. The van der Waals surface area contributed by atoms with Gasteiger partial charge in [-0.15, -0.1) is 0 Å². The van der Waals surface area contributed by atoms with E-state index in [1.165, 1.54) is 18.2 Å². The molecule has 1 heterocycles. The lowest BCUT2D eigenvalue weighted by Crippen LogP contribution is -2.38. The number of halogens is 2. The van der Waals surface area contributed by atoms with Gasteiger partial charge in [0.2, 0.25) is 5.91 Å². The van der Waals surface area contributed by atoms with Crippen molar-refractivity contribution in [3.63, 3.8) is 0 Å². The summed E-state index contributed by atoms with van der Waals surface area (Å²) < 4.78 is 24.9. The highest BCUT2D eigenvalue weighted by molar-refractivity contribution is 7.91. The van der Waals surface area contributed by atoms with Crippen LogP contribution in [0.1, 0.15) is 11.1 Å². The Hall–Kier alpha value is -2.13. The molecule has 1 amide bonds. The summed E-state index contributed by atoms with van der Waals surface area (Å²) in [5.41, 5.74) is 2.16. The van der Waals surface area contributed by atoms with Gasteiger partial charge in [-0.3, -0.25) is 15.1 Å². The van der Waals surface area contributed by atoms with Crippen LogP contribution >= 0.6 is 23.2 Å². The van der Waals surface area contributed by atoms with Crippen molar-refractivity contribution in [2.75, 3.05) is 39.1 Å². The van der Waals surface area contributed by atoms with Crippen molar-refractivity contribution in [2.45, 2.75) is 11.3 Å². The fraction of sp³-hybridized carbons (Fsp3) is 0.333. The first-order valence-electron chi connectivity index (χ1n) is 9.77. The molecule has 1 aliphatic rings. The highest BCUT2D eigenvalue weighted by atomic mass is 35.5. The Morgan fingerprint density at radius 2 is 1.94 bits per heavy atom. The van der Waals surface area contributed by atoms with Crippen LogP contribution in [0.3, 0.4) is 0 Å². The van der Waals surface area contributed by atoms with Gasteiger partial charge in [0.1, 0.15) is 11.7 Å². The number of sulfone groups is 1. The number of carbonyl (C=O) groups is 1. The van der Waals surface area contributed by atoms with Crippen LogP contribution in [0.25, 0.3) is 0 Å². The molecule has 0 radical (unpaired) electrons. The van der Waals surface area contributed by atoms with Crippen molar-refractivity contribution in [2.24, 2.45) is 4.99 Å². The lowest BCUT2D eigenvalue weighted by molar-refractivity contribution is -0.128. The molecule has 0 saturated heterocycles. The molecule has 1 aliphatic heterocycles. The van der Waals surface area contributed by atoms with Crippen LogP contribution in [0.4, 0.5) is 0 Å². The molecule has 10 heteroatoms. The van der Waals surface area contributed by atoms with Gasteiger partial charge in [0, 0.05) is 25.7 Å². The zero-order valence-corrected chi connectivity index (χ0v) is 19.4. The van der Waals surface area contributed by atoms with Gasteiger partial charge >= 0.3 is 0 Å². The first-order valence-corrected chi connectivity index (χ1v) is 12.2. The minimum absolute atomic E-state index is 0.0174. The number of nitrogens with one attached hydrogen (secondary N) is 2. The second-order valence-corrected chi connectivity index (χ2v) is 9.90. The highest BCUT2D eigenvalue weighted by Gasteiger charge is 2.20. The topological polar surface area (TPSA) is 90.9 Å². The molecule has 0 fully saturated rings. The minimum atomic E-state index is -3.71. The zero-order valence-electron chi connectivity index (χ0n) is 17.1. The maximum Gasteiger partial charge on any atom is 0.236 e. The summed E-state index contributed by atoms with van der Waals surface area (Å²) in [6.07, 6.45) is 0.693. The van der Waals surface area contributed by atoms with Gasteiger partial charge in [-0.2, -0.15) is 0 Å². The molecule has 0 unspecified atom stereocenters. The zero-order chi connectivity index (χ0) is 22.4. The number of likely N-dealkylation sites (N-methyl/N-ethyl adjacent to an activating group) is 1. The van der Waals surface area contributed by atoms with Crippen LogP contribution in [-0.2, 0) is 21.1 Å². The molecule has 31 heavy (non-hydrogen) atoms. The van der Waals surface area contributed by atoms with Gasteiger partial charge in [0.05, 0.1) is 28.0 Å². The fourth-order valence-corrected chi connectivity index (χ4v) is 4.98. The van der Waals surface area contributed by atoms with Gasteiger partial charge in [-0.1, -0.05) is 53.5 Å². The van der Waals surface area contributed by atoms with Crippen molar-refractivity contribution >= 4 is 44.8 Å². The van der Waals surface area contributed by atoms with E-state index in [9.17, 15) is 13.2 Å². The van der Waals surface area contributed by atoms with Gasteiger partial charge in [0.15, 0.2) is 9.84 Å². The Kier molecular flexibility index (Phi) is 7.94. The molecule has 2 aromatic rings. The molecule has 7 nitrogen and oxygen atoms in total. The van der Waals surface area contributed by atoms with Gasteiger partial charge in [-0.25, -0.2) is 8.42 Å². The summed E-state index contributed by atoms with van der Waals surface area (Å²) in [4.78, 5) is 18.2. The summed E-state index contributed by atoms with van der Waals surface area (Å²) >= 11 is 11.9. The number of rotatable bonds is 9. The second-order valence-electron chi connectivity index (χ2n) is 7.16. The molecule has 0 aliphatic carbocycles. The maximum absolute atomic E-state index is 12.4. The molecule has 0 saturated carbocycles. The van der Waals surface area contributed by atoms with Crippen LogP contribution in [0.15, 0.2) is 52.4 Å². The van der Waals surface area contributed by atoms with E-state index in [2.05, 4.69) is 15.6 Å².